The van der Waals surface area contributed by atoms with Crippen LogP contribution in [0.3, 0.4) is 0 Å². The van der Waals surface area contributed by atoms with E-state index in [0.29, 0.717) is 5.69 Å². The number of rotatable bonds is 4. The predicted molar refractivity (Wildman–Crippen MR) is 63.5 cm³/mol. The van der Waals surface area contributed by atoms with Gasteiger partial charge in [-0.15, -0.1) is 13.2 Å². The normalized spacial score (nSPS) is 10.6. The van der Waals surface area contributed by atoms with Crippen molar-refractivity contribution >= 4 is 14.0 Å². The zero-order valence-corrected chi connectivity index (χ0v) is 9.36. The van der Waals surface area contributed by atoms with Crippen LogP contribution in [-0.4, -0.2) is 8.32 Å². The third-order valence-corrected chi connectivity index (χ3v) is 4.30. The van der Waals surface area contributed by atoms with E-state index in [0.717, 1.165) is 5.75 Å². The van der Waals surface area contributed by atoms with Gasteiger partial charge in [0.2, 0.25) is 0 Å². The Labute approximate surface area is 85.8 Å². The van der Waals surface area contributed by atoms with Gasteiger partial charge in [0, 0.05) is 11.8 Å². The van der Waals surface area contributed by atoms with E-state index in [2.05, 4.69) is 13.2 Å². The lowest BCUT2D eigenvalue weighted by atomic mass is 10.3. The standard InChI is InChI=1S/C11H15NOSi/c1-4-14(3,5-2)13-11-8-6-7-10(12)9-11/h4-9H,1-2,12H2,3H3. The predicted octanol–water partition coefficient (Wildman–Crippen LogP) is 2.67. The lowest BCUT2D eigenvalue weighted by Gasteiger charge is -2.20. The highest BCUT2D eigenvalue weighted by molar-refractivity contribution is 6.82. The Morgan fingerprint density at radius 1 is 1.36 bits per heavy atom. The smallest absolute Gasteiger partial charge is 0.296 e. The molecule has 3 heteroatoms. The summed E-state index contributed by atoms with van der Waals surface area (Å²) in [7, 11) is -1.99. The number of nitrogen functional groups attached to an aromatic ring is 1. The molecule has 0 saturated heterocycles. The van der Waals surface area contributed by atoms with Gasteiger partial charge in [-0.1, -0.05) is 17.5 Å². The minimum atomic E-state index is -1.99. The monoisotopic (exact) mass is 205 g/mol. The SMILES string of the molecule is C=C[Si](C)(C=C)Oc1cccc(N)c1. The summed E-state index contributed by atoms with van der Waals surface area (Å²) in [5, 5.41) is 0. The van der Waals surface area contributed by atoms with Crippen molar-refractivity contribution in [1.29, 1.82) is 0 Å². The third-order valence-electron chi connectivity index (χ3n) is 2.01. The maximum atomic E-state index is 5.80. The summed E-state index contributed by atoms with van der Waals surface area (Å²) in [4.78, 5) is 0. The first-order valence-corrected chi connectivity index (χ1v) is 6.98. The van der Waals surface area contributed by atoms with E-state index in [1.165, 1.54) is 0 Å². The third kappa shape index (κ3) is 2.50. The molecule has 2 nitrogen and oxygen atoms in total. The van der Waals surface area contributed by atoms with Crippen LogP contribution in [0.5, 0.6) is 5.75 Å². The van der Waals surface area contributed by atoms with Crippen LogP contribution < -0.4 is 10.2 Å². The summed E-state index contributed by atoms with van der Waals surface area (Å²) in [6.45, 7) is 9.54. The van der Waals surface area contributed by atoms with Crippen molar-refractivity contribution in [3.63, 3.8) is 0 Å². The summed E-state index contributed by atoms with van der Waals surface area (Å²) >= 11 is 0. The van der Waals surface area contributed by atoms with Crippen LogP contribution in [0.25, 0.3) is 0 Å². The molecule has 0 bridgehead atoms. The van der Waals surface area contributed by atoms with Gasteiger partial charge in [-0.3, -0.25) is 0 Å². The Balaban J connectivity index is 2.87. The van der Waals surface area contributed by atoms with Gasteiger partial charge >= 0.3 is 0 Å². The van der Waals surface area contributed by atoms with Crippen LogP contribution in [0.4, 0.5) is 5.69 Å². The quantitative estimate of drug-likeness (QED) is 0.606. The van der Waals surface area contributed by atoms with Crippen LogP contribution >= 0.6 is 0 Å². The van der Waals surface area contributed by atoms with Gasteiger partial charge in [0.15, 0.2) is 0 Å². The van der Waals surface area contributed by atoms with Crippen LogP contribution in [-0.2, 0) is 0 Å². The molecule has 0 unspecified atom stereocenters. The molecule has 74 valence electrons. The first kappa shape index (κ1) is 10.6. The second-order valence-electron chi connectivity index (χ2n) is 3.27. The minimum Gasteiger partial charge on any atom is -0.536 e. The van der Waals surface area contributed by atoms with Crippen molar-refractivity contribution in [2.75, 3.05) is 5.73 Å². The molecule has 0 aliphatic heterocycles. The molecule has 0 aromatic heterocycles. The fraction of sp³-hybridized carbons (Fsp3) is 0.0909. The van der Waals surface area contributed by atoms with Crippen LogP contribution in [0, 0.1) is 0 Å². The van der Waals surface area contributed by atoms with Crippen molar-refractivity contribution in [1.82, 2.24) is 0 Å². The van der Waals surface area contributed by atoms with Gasteiger partial charge in [0.1, 0.15) is 5.75 Å². The molecule has 0 saturated carbocycles. The minimum absolute atomic E-state index is 0.701. The average molecular weight is 205 g/mol. The molecular formula is C11H15NOSi. The summed E-state index contributed by atoms with van der Waals surface area (Å²) in [5.41, 5.74) is 10.0. The van der Waals surface area contributed by atoms with E-state index in [4.69, 9.17) is 10.2 Å². The molecule has 0 radical (unpaired) electrons. The van der Waals surface area contributed by atoms with Crippen molar-refractivity contribution in [3.8, 4) is 5.75 Å². The highest BCUT2D eigenvalue weighted by atomic mass is 28.4. The molecule has 1 aromatic carbocycles. The van der Waals surface area contributed by atoms with Gasteiger partial charge in [0.25, 0.3) is 8.32 Å². The van der Waals surface area contributed by atoms with E-state index in [1.54, 1.807) is 6.07 Å². The molecule has 0 atom stereocenters. The molecule has 0 fully saturated rings. The molecule has 1 aromatic rings. The highest BCUT2D eigenvalue weighted by Gasteiger charge is 2.22. The lowest BCUT2D eigenvalue weighted by Crippen LogP contribution is -2.33. The van der Waals surface area contributed by atoms with E-state index in [-0.39, 0.29) is 0 Å². The summed E-state index contributed by atoms with van der Waals surface area (Å²) in [5.74, 6) is 0.777. The first-order chi connectivity index (χ1) is 6.59. The number of benzene rings is 1. The van der Waals surface area contributed by atoms with Crippen LogP contribution in [0.15, 0.2) is 48.8 Å². The zero-order chi connectivity index (χ0) is 10.6. The number of hydrogen-bond acceptors (Lipinski definition) is 2. The number of hydrogen-bond donors (Lipinski definition) is 1. The van der Waals surface area contributed by atoms with Crippen LogP contribution in [0.2, 0.25) is 6.55 Å². The van der Waals surface area contributed by atoms with E-state index < -0.39 is 8.32 Å². The average Bonchev–Trinajstić information content (AvgIpc) is 2.18. The molecule has 0 heterocycles. The van der Waals surface area contributed by atoms with E-state index in [9.17, 15) is 0 Å². The summed E-state index contributed by atoms with van der Waals surface area (Å²) < 4.78 is 5.80. The van der Waals surface area contributed by atoms with Crippen molar-refractivity contribution in [2.45, 2.75) is 6.55 Å². The van der Waals surface area contributed by atoms with Gasteiger partial charge in [-0.25, -0.2) is 0 Å². The highest BCUT2D eigenvalue weighted by Crippen LogP contribution is 2.19. The number of anilines is 1. The van der Waals surface area contributed by atoms with Gasteiger partial charge in [-0.2, -0.15) is 0 Å². The summed E-state index contributed by atoms with van der Waals surface area (Å²) in [6.07, 6.45) is 0. The van der Waals surface area contributed by atoms with Crippen molar-refractivity contribution in [3.05, 3.63) is 48.8 Å². The van der Waals surface area contributed by atoms with Crippen LogP contribution in [0.1, 0.15) is 0 Å². The zero-order valence-electron chi connectivity index (χ0n) is 8.36. The molecule has 14 heavy (non-hydrogen) atoms. The van der Waals surface area contributed by atoms with E-state index >= 15 is 0 Å². The van der Waals surface area contributed by atoms with Crippen molar-refractivity contribution < 1.29 is 4.43 Å². The lowest BCUT2D eigenvalue weighted by molar-refractivity contribution is 0.569. The molecule has 0 aliphatic rings. The maximum absolute atomic E-state index is 5.80. The molecule has 2 N–H and O–H groups in total. The first-order valence-electron chi connectivity index (χ1n) is 4.41. The molecule has 0 amide bonds. The fourth-order valence-electron chi connectivity index (χ4n) is 0.999. The second kappa shape index (κ2) is 4.15. The summed E-state index contributed by atoms with van der Waals surface area (Å²) in [6, 6.07) is 7.38. The Bertz CT molecular complexity index is 341. The maximum Gasteiger partial charge on any atom is 0.296 e. The molecule has 1 rings (SSSR count). The molecular weight excluding hydrogens is 190 g/mol. The second-order valence-corrected chi connectivity index (χ2v) is 6.65. The van der Waals surface area contributed by atoms with Gasteiger partial charge < -0.3 is 10.2 Å². The largest absolute Gasteiger partial charge is 0.536 e. The Morgan fingerprint density at radius 2 is 2.00 bits per heavy atom. The Kier molecular flexibility index (Phi) is 3.14. The van der Waals surface area contributed by atoms with Gasteiger partial charge in [0.05, 0.1) is 0 Å². The molecule has 0 aliphatic carbocycles. The molecule has 0 spiro atoms. The van der Waals surface area contributed by atoms with E-state index in [1.807, 2.05) is 36.1 Å². The topological polar surface area (TPSA) is 35.2 Å². The van der Waals surface area contributed by atoms with Gasteiger partial charge in [-0.05, 0) is 18.7 Å². The van der Waals surface area contributed by atoms with Crippen molar-refractivity contribution in [2.24, 2.45) is 0 Å². The number of nitrogens with two attached hydrogens (primary N) is 1. The fourth-order valence-corrected chi connectivity index (χ4v) is 1.97. The Hall–Kier alpha value is -1.48. The Morgan fingerprint density at radius 3 is 2.50 bits per heavy atom.